The van der Waals surface area contributed by atoms with E-state index in [0.29, 0.717) is 12.6 Å². The first-order valence-corrected chi connectivity index (χ1v) is 5.20. The van der Waals surface area contributed by atoms with E-state index in [2.05, 4.69) is 32.3 Å². The van der Waals surface area contributed by atoms with E-state index in [9.17, 15) is 0 Å². The van der Waals surface area contributed by atoms with Crippen LogP contribution in [-0.2, 0) is 4.74 Å². The van der Waals surface area contributed by atoms with Crippen molar-refractivity contribution in [3.8, 4) is 0 Å². The zero-order valence-corrected chi connectivity index (χ0v) is 9.55. The molecule has 0 radical (unpaired) electrons. The molecule has 0 saturated carbocycles. The van der Waals surface area contributed by atoms with E-state index in [4.69, 9.17) is 10.5 Å². The molecule has 0 spiro atoms. The van der Waals surface area contributed by atoms with E-state index < -0.39 is 0 Å². The maximum Gasteiger partial charge on any atom is 0.0757 e. The van der Waals surface area contributed by atoms with E-state index in [1.54, 1.807) is 0 Å². The van der Waals surface area contributed by atoms with Gasteiger partial charge in [0.1, 0.15) is 0 Å². The van der Waals surface area contributed by atoms with Crippen molar-refractivity contribution in [1.29, 1.82) is 0 Å². The Bertz CT molecular complexity index is 213. The summed E-state index contributed by atoms with van der Waals surface area (Å²) in [5.74, 6) is 0. The number of rotatable bonds is 3. The summed E-state index contributed by atoms with van der Waals surface area (Å²) in [7, 11) is 0. The topological polar surface area (TPSA) is 38.5 Å². The van der Waals surface area contributed by atoms with E-state index in [0.717, 1.165) is 25.2 Å². The second kappa shape index (κ2) is 4.43. The molecule has 0 aromatic heterocycles. The highest BCUT2D eigenvalue weighted by Crippen LogP contribution is 2.20. The average Bonchev–Trinajstić information content (AvgIpc) is 1.99. The van der Waals surface area contributed by atoms with Gasteiger partial charge in [-0.15, -0.1) is 0 Å². The van der Waals surface area contributed by atoms with Crippen LogP contribution in [0.3, 0.4) is 0 Å². The summed E-state index contributed by atoms with van der Waals surface area (Å²) >= 11 is 0. The Balaban J connectivity index is 2.50. The molecule has 0 aliphatic carbocycles. The lowest BCUT2D eigenvalue weighted by Crippen LogP contribution is -2.52. The zero-order valence-electron chi connectivity index (χ0n) is 9.55. The van der Waals surface area contributed by atoms with Crippen LogP contribution in [0.2, 0.25) is 0 Å². The Kier molecular flexibility index (Phi) is 3.70. The lowest BCUT2D eigenvalue weighted by molar-refractivity contribution is -0.126. The maximum absolute atomic E-state index is 5.82. The quantitative estimate of drug-likeness (QED) is 0.688. The van der Waals surface area contributed by atoms with Gasteiger partial charge in [0.25, 0.3) is 0 Å². The number of hydrogen-bond acceptors (Lipinski definition) is 3. The number of nitrogens with two attached hydrogens (primary N) is 1. The molecular weight excluding hydrogens is 176 g/mol. The summed E-state index contributed by atoms with van der Waals surface area (Å²) in [6, 6.07) is 0. The molecular formula is C11H22N2O. The van der Waals surface area contributed by atoms with Crippen LogP contribution in [0.1, 0.15) is 20.8 Å². The van der Waals surface area contributed by atoms with E-state index in [1.807, 2.05) is 0 Å². The molecule has 0 amide bonds. The third-order valence-electron chi connectivity index (χ3n) is 2.38. The Morgan fingerprint density at radius 3 is 2.79 bits per heavy atom. The molecule has 82 valence electrons. The summed E-state index contributed by atoms with van der Waals surface area (Å²) < 4.78 is 5.82. The molecule has 1 atom stereocenters. The summed E-state index contributed by atoms with van der Waals surface area (Å²) in [5.41, 5.74) is 6.58. The molecule has 1 fully saturated rings. The number of hydrogen-bond donors (Lipinski definition) is 1. The number of nitrogens with zero attached hydrogens (tertiary/aromatic N) is 1. The van der Waals surface area contributed by atoms with Crippen molar-refractivity contribution in [3.63, 3.8) is 0 Å². The van der Waals surface area contributed by atoms with Crippen molar-refractivity contribution in [2.24, 2.45) is 5.73 Å². The van der Waals surface area contributed by atoms with Crippen molar-refractivity contribution in [1.82, 2.24) is 4.90 Å². The van der Waals surface area contributed by atoms with E-state index in [1.165, 1.54) is 0 Å². The fourth-order valence-corrected chi connectivity index (χ4v) is 2.09. The van der Waals surface area contributed by atoms with E-state index >= 15 is 0 Å². The van der Waals surface area contributed by atoms with Crippen molar-refractivity contribution in [2.75, 3.05) is 26.2 Å². The average molecular weight is 198 g/mol. The van der Waals surface area contributed by atoms with Crippen LogP contribution in [-0.4, -0.2) is 42.8 Å². The standard InChI is InChI=1S/C11H22N2O/c1-9(5-12)6-13-7-10(2)14-11(3,4)8-13/h10H,1,5-8,12H2,2-4H3. The van der Waals surface area contributed by atoms with Crippen molar-refractivity contribution >= 4 is 0 Å². The lowest BCUT2D eigenvalue weighted by Gasteiger charge is -2.42. The third kappa shape index (κ3) is 3.40. The summed E-state index contributed by atoms with van der Waals surface area (Å²) in [5, 5.41) is 0. The lowest BCUT2D eigenvalue weighted by atomic mass is 10.0. The predicted molar refractivity (Wildman–Crippen MR) is 59.3 cm³/mol. The maximum atomic E-state index is 5.82. The molecule has 1 aliphatic rings. The molecule has 1 rings (SSSR count). The minimum atomic E-state index is -0.0491. The first-order chi connectivity index (χ1) is 6.43. The highest BCUT2D eigenvalue weighted by Gasteiger charge is 2.30. The van der Waals surface area contributed by atoms with Gasteiger partial charge in [0.2, 0.25) is 0 Å². The van der Waals surface area contributed by atoms with Gasteiger partial charge in [0, 0.05) is 26.2 Å². The SMILES string of the molecule is C=C(CN)CN1CC(C)OC(C)(C)C1. The Labute approximate surface area is 86.9 Å². The van der Waals surface area contributed by atoms with Crippen molar-refractivity contribution in [3.05, 3.63) is 12.2 Å². The van der Waals surface area contributed by atoms with Gasteiger partial charge in [-0.2, -0.15) is 0 Å². The highest BCUT2D eigenvalue weighted by molar-refractivity contribution is 5.00. The van der Waals surface area contributed by atoms with Crippen LogP contribution >= 0.6 is 0 Å². The van der Waals surface area contributed by atoms with Crippen LogP contribution in [0, 0.1) is 0 Å². The molecule has 0 bridgehead atoms. The van der Waals surface area contributed by atoms with Crippen LogP contribution in [0.5, 0.6) is 0 Å². The largest absolute Gasteiger partial charge is 0.370 e. The van der Waals surface area contributed by atoms with Gasteiger partial charge in [-0.3, -0.25) is 4.90 Å². The third-order valence-corrected chi connectivity index (χ3v) is 2.38. The Hall–Kier alpha value is -0.380. The fourth-order valence-electron chi connectivity index (χ4n) is 2.09. The van der Waals surface area contributed by atoms with Gasteiger partial charge in [-0.05, 0) is 26.3 Å². The first-order valence-electron chi connectivity index (χ1n) is 5.20. The molecule has 1 heterocycles. The Morgan fingerprint density at radius 1 is 1.64 bits per heavy atom. The van der Waals surface area contributed by atoms with Gasteiger partial charge in [-0.25, -0.2) is 0 Å². The molecule has 1 unspecified atom stereocenters. The zero-order chi connectivity index (χ0) is 10.8. The highest BCUT2D eigenvalue weighted by atomic mass is 16.5. The molecule has 1 saturated heterocycles. The monoisotopic (exact) mass is 198 g/mol. The normalized spacial score (nSPS) is 27.6. The smallest absolute Gasteiger partial charge is 0.0757 e. The van der Waals surface area contributed by atoms with Gasteiger partial charge < -0.3 is 10.5 Å². The minimum Gasteiger partial charge on any atom is -0.370 e. The Morgan fingerprint density at radius 2 is 2.29 bits per heavy atom. The summed E-state index contributed by atoms with van der Waals surface area (Å²) in [4.78, 5) is 2.36. The predicted octanol–water partition coefficient (Wildman–Crippen LogP) is 1.00. The molecule has 14 heavy (non-hydrogen) atoms. The van der Waals surface area contributed by atoms with Crippen LogP contribution in [0.4, 0.5) is 0 Å². The van der Waals surface area contributed by atoms with Crippen molar-refractivity contribution in [2.45, 2.75) is 32.5 Å². The summed E-state index contributed by atoms with van der Waals surface area (Å²) in [6.45, 7) is 13.7. The molecule has 2 N–H and O–H groups in total. The van der Waals surface area contributed by atoms with Gasteiger partial charge in [-0.1, -0.05) is 6.58 Å². The van der Waals surface area contributed by atoms with Crippen molar-refractivity contribution < 1.29 is 4.74 Å². The van der Waals surface area contributed by atoms with Gasteiger partial charge in [0.15, 0.2) is 0 Å². The van der Waals surface area contributed by atoms with Crippen LogP contribution in [0.15, 0.2) is 12.2 Å². The number of ether oxygens (including phenoxy) is 1. The summed E-state index contributed by atoms with van der Waals surface area (Å²) in [6.07, 6.45) is 0.296. The van der Waals surface area contributed by atoms with Gasteiger partial charge >= 0.3 is 0 Å². The molecule has 3 heteroatoms. The van der Waals surface area contributed by atoms with Crippen LogP contribution in [0.25, 0.3) is 0 Å². The minimum absolute atomic E-state index is 0.0491. The van der Waals surface area contributed by atoms with Gasteiger partial charge in [0.05, 0.1) is 11.7 Å². The fraction of sp³-hybridized carbons (Fsp3) is 0.818. The number of morpholine rings is 1. The first kappa shape index (κ1) is 11.7. The second-order valence-corrected chi connectivity index (χ2v) is 4.81. The van der Waals surface area contributed by atoms with Crippen LogP contribution < -0.4 is 5.73 Å². The molecule has 1 aliphatic heterocycles. The molecule has 0 aromatic rings. The molecule has 0 aromatic carbocycles. The van der Waals surface area contributed by atoms with E-state index in [-0.39, 0.29) is 5.60 Å². The molecule has 3 nitrogen and oxygen atoms in total. The second-order valence-electron chi connectivity index (χ2n) is 4.81.